The van der Waals surface area contributed by atoms with Crippen LogP contribution in [0.5, 0.6) is 0 Å². The van der Waals surface area contributed by atoms with Gasteiger partial charge in [-0.2, -0.15) is 0 Å². The Kier molecular flexibility index (Phi) is 5.88. The Hall–Kier alpha value is -1.10. The van der Waals surface area contributed by atoms with Crippen LogP contribution in [0.1, 0.15) is 13.3 Å². The molecule has 1 amide bonds. The molecule has 13 heavy (non-hydrogen) atoms. The fraction of sp³-hybridized carbons (Fsp3) is 0.750. The maximum absolute atomic E-state index is 11.0. The average Bonchev–Trinajstić information content (AvgIpc) is 2.10. The number of hydrogen-bond donors (Lipinski definition) is 3. The first kappa shape index (κ1) is 11.9. The molecule has 0 unspecified atom stereocenters. The molecule has 0 saturated heterocycles. The molecule has 0 atom stereocenters. The van der Waals surface area contributed by atoms with Crippen molar-refractivity contribution in [1.82, 2.24) is 5.32 Å². The van der Waals surface area contributed by atoms with Gasteiger partial charge in [0.15, 0.2) is 0 Å². The van der Waals surface area contributed by atoms with Gasteiger partial charge in [-0.05, 0) is 6.92 Å². The van der Waals surface area contributed by atoms with Crippen LogP contribution >= 0.6 is 0 Å². The lowest BCUT2D eigenvalue weighted by Gasteiger charge is -2.07. The minimum atomic E-state index is -0.309. The summed E-state index contributed by atoms with van der Waals surface area (Å²) in [5.41, 5.74) is 0.0946. The van der Waals surface area contributed by atoms with Crippen molar-refractivity contribution in [2.45, 2.75) is 13.3 Å². The third-order valence-corrected chi connectivity index (χ3v) is 1.62. The predicted molar refractivity (Wildman–Crippen MR) is 50.2 cm³/mol. The summed E-state index contributed by atoms with van der Waals surface area (Å²) in [5, 5.41) is 13.7. The topological polar surface area (TPSA) is 66.1 Å². The first-order valence-electron chi connectivity index (χ1n) is 4.33. The van der Waals surface area contributed by atoms with Gasteiger partial charge in [0.2, 0.25) is 0 Å². The van der Waals surface area contributed by atoms with Gasteiger partial charge in [0.25, 0.3) is 5.91 Å². The van der Waals surface area contributed by atoms with E-state index in [1.54, 1.807) is 0 Å². The van der Waals surface area contributed by atoms with Crippen molar-refractivity contribution in [2.24, 2.45) is 5.16 Å². The quantitative estimate of drug-likeness (QED) is 0.212. The molecule has 76 valence electrons. The van der Waals surface area contributed by atoms with E-state index < -0.39 is 0 Å². The van der Waals surface area contributed by atoms with Crippen molar-refractivity contribution in [3.63, 3.8) is 0 Å². The molecule has 0 bridgehead atoms. The Balaban J connectivity index is 3.49. The highest BCUT2D eigenvalue weighted by Gasteiger charge is 2.04. The van der Waals surface area contributed by atoms with Gasteiger partial charge in [0, 0.05) is 13.0 Å². The standard InChI is InChI=1S/C8H17N3O2/c1-7(10-13)8(12)9-5-4-6-11(2)3/h13H,4-6H2,1-3H3,(H,9,12)/p+1/b10-7-. The van der Waals surface area contributed by atoms with E-state index in [0.29, 0.717) is 6.54 Å². The molecular weight excluding hydrogens is 170 g/mol. The maximum atomic E-state index is 11.0. The molecule has 0 aromatic heterocycles. The van der Waals surface area contributed by atoms with Gasteiger partial charge in [-0.1, -0.05) is 5.16 Å². The van der Waals surface area contributed by atoms with Gasteiger partial charge in [0.05, 0.1) is 20.6 Å². The number of carbonyl (C=O) groups excluding carboxylic acids is 1. The van der Waals surface area contributed by atoms with Crippen LogP contribution in [0.4, 0.5) is 0 Å². The molecule has 0 aliphatic carbocycles. The van der Waals surface area contributed by atoms with Crippen LogP contribution in [0.15, 0.2) is 5.16 Å². The molecule has 0 heterocycles. The molecule has 0 aromatic rings. The van der Waals surface area contributed by atoms with Crippen LogP contribution in [0.3, 0.4) is 0 Å². The molecule has 0 fully saturated rings. The second kappa shape index (κ2) is 6.42. The Morgan fingerprint density at radius 3 is 2.62 bits per heavy atom. The van der Waals surface area contributed by atoms with Crippen molar-refractivity contribution in [3.8, 4) is 0 Å². The Labute approximate surface area is 78.4 Å². The fourth-order valence-electron chi connectivity index (χ4n) is 0.817. The van der Waals surface area contributed by atoms with E-state index in [0.717, 1.165) is 13.0 Å². The highest BCUT2D eigenvalue weighted by Crippen LogP contribution is 1.76. The molecule has 5 heteroatoms. The van der Waals surface area contributed by atoms with E-state index in [9.17, 15) is 4.79 Å². The van der Waals surface area contributed by atoms with E-state index >= 15 is 0 Å². The smallest absolute Gasteiger partial charge is 0.268 e. The van der Waals surface area contributed by atoms with Gasteiger partial charge in [0.1, 0.15) is 5.71 Å². The van der Waals surface area contributed by atoms with Crippen LogP contribution < -0.4 is 10.2 Å². The van der Waals surface area contributed by atoms with E-state index in [1.807, 2.05) is 0 Å². The number of rotatable bonds is 5. The van der Waals surface area contributed by atoms with Crippen molar-refractivity contribution < 1.29 is 14.9 Å². The Morgan fingerprint density at radius 1 is 1.54 bits per heavy atom. The molecule has 0 aliphatic heterocycles. The summed E-state index contributed by atoms with van der Waals surface area (Å²) in [4.78, 5) is 12.4. The SMILES string of the molecule is C/C(=N/O)C(=O)NCCC[NH+](C)C. The van der Waals surface area contributed by atoms with E-state index in [4.69, 9.17) is 5.21 Å². The predicted octanol–water partition coefficient (Wildman–Crippen LogP) is -1.51. The molecular formula is C8H18N3O2+. The summed E-state index contributed by atoms with van der Waals surface area (Å²) in [7, 11) is 4.12. The zero-order chi connectivity index (χ0) is 10.3. The number of amides is 1. The van der Waals surface area contributed by atoms with Gasteiger partial charge in [-0.3, -0.25) is 4.79 Å². The number of oxime groups is 1. The summed E-state index contributed by atoms with van der Waals surface area (Å²) in [6.45, 7) is 3.10. The van der Waals surface area contributed by atoms with Crippen molar-refractivity contribution in [2.75, 3.05) is 27.2 Å². The lowest BCUT2D eigenvalue weighted by Crippen LogP contribution is -3.05. The van der Waals surface area contributed by atoms with Crippen LogP contribution in [0, 0.1) is 0 Å². The van der Waals surface area contributed by atoms with Crippen LogP contribution in [0.25, 0.3) is 0 Å². The zero-order valence-electron chi connectivity index (χ0n) is 8.42. The summed E-state index contributed by atoms with van der Waals surface area (Å²) in [5.74, 6) is -0.309. The summed E-state index contributed by atoms with van der Waals surface area (Å²) < 4.78 is 0. The number of nitrogens with zero attached hydrogens (tertiary/aromatic N) is 1. The summed E-state index contributed by atoms with van der Waals surface area (Å²) >= 11 is 0. The van der Waals surface area contributed by atoms with Crippen LogP contribution in [-0.2, 0) is 4.79 Å². The summed E-state index contributed by atoms with van der Waals surface area (Å²) in [6.07, 6.45) is 0.923. The fourth-order valence-corrected chi connectivity index (χ4v) is 0.817. The Bertz CT molecular complexity index is 190. The molecule has 3 N–H and O–H groups in total. The highest BCUT2D eigenvalue weighted by atomic mass is 16.4. The minimum absolute atomic E-state index is 0.0946. The Morgan fingerprint density at radius 2 is 2.15 bits per heavy atom. The van der Waals surface area contributed by atoms with E-state index in [1.165, 1.54) is 11.8 Å². The largest absolute Gasteiger partial charge is 0.410 e. The third-order valence-electron chi connectivity index (χ3n) is 1.62. The first-order valence-corrected chi connectivity index (χ1v) is 4.33. The number of hydrogen-bond acceptors (Lipinski definition) is 3. The van der Waals surface area contributed by atoms with Crippen LogP contribution in [0.2, 0.25) is 0 Å². The molecule has 0 aromatic carbocycles. The second-order valence-electron chi connectivity index (χ2n) is 3.25. The van der Waals surface area contributed by atoms with Crippen molar-refractivity contribution >= 4 is 11.6 Å². The van der Waals surface area contributed by atoms with E-state index in [-0.39, 0.29) is 11.6 Å². The molecule has 0 saturated carbocycles. The zero-order valence-corrected chi connectivity index (χ0v) is 8.42. The van der Waals surface area contributed by atoms with Gasteiger partial charge in [-0.25, -0.2) is 0 Å². The second-order valence-corrected chi connectivity index (χ2v) is 3.25. The van der Waals surface area contributed by atoms with Crippen molar-refractivity contribution in [1.29, 1.82) is 0 Å². The first-order chi connectivity index (χ1) is 6.07. The van der Waals surface area contributed by atoms with Gasteiger partial charge < -0.3 is 15.4 Å². The molecule has 0 spiro atoms. The monoisotopic (exact) mass is 188 g/mol. The lowest BCUT2D eigenvalue weighted by atomic mass is 10.3. The minimum Gasteiger partial charge on any atom is -0.410 e. The number of carbonyl (C=O) groups is 1. The lowest BCUT2D eigenvalue weighted by molar-refractivity contribution is -0.858. The third kappa shape index (κ3) is 6.10. The molecule has 5 nitrogen and oxygen atoms in total. The highest BCUT2D eigenvalue weighted by molar-refractivity contribution is 6.37. The summed E-state index contributed by atoms with van der Waals surface area (Å²) in [6, 6.07) is 0. The van der Waals surface area contributed by atoms with E-state index in [2.05, 4.69) is 24.6 Å². The molecule has 0 aliphatic rings. The maximum Gasteiger partial charge on any atom is 0.268 e. The average molecular weight is 188 g/mol. The molecule has 0 rings (SSSR count). The normalized spacial score (nSPS) is 11.8. The number of quaternary nitrogens is 1. The van der Waals surface area contributed by atoms with Crippen molar-refractivity contribution in [3.05, 3.63) is 0 Å². The van der Waals surface area contributed by atoms with Crippen LogP contribution in [-0.4, -0.2) is 44.0 Å². The van der Waals surface area contributed by atoms with Gasteiger partial charge in [-0.15, -0.1) is 0 Å². The van der Waals surface area contributed by atoms with Gasteiger partial charge >= 0.3 is 0 Å². The molecule has 0 radical (unpaired) electrons. The number of nitrogens with one attached hydrogen (secondary N) is 2.